The number of fused-ring (bicyclic) bond motifs is 1. The van der Waals surface area contributed by atoms with E-state index in [0.29, 0.717) is 11.3 Å². The van der Waals surface area contributed by atoms with E-state index in [1.807, 2.05) is 13.8 Å². The lowest BCUT2D eigenvalue weighted by atomic mass is 10.1. The van der Waals surface area contributed by atoms with Crippen molar-refractivity contribution in [3.63, 3.8) is 0 Å². The van der Waals surface area contributed by atoms with Crippen LogP contribution in [-0.4, -0.2) is 25.8 Å². The van der Waals surface area contributed by atoms with Crippen LogP contribution in [0.3, 0.4) is 0 Å². The van der Waals surface area contributed by atoms with Crippen molar-refractivity contribution in [2.45, 2.75) is 19.8 Å². The predicted octanol–water partition coefficient (Wildman–Crippen LogP) is 1.08. The molecule has 0 fully saturated rings. The summed E-state index contributed by atoms with van der Waals surface area (Å²) in [5.41, 5.74) is 0.603. The molecule has 0 saturated heterocycles. The van der Waals surface area contributed by atoms with Crippen molar-refractivity contribution < 1.29 is 9.90 Å². The van der Waals surface area contributed by atoms with Gasteiger partial charge in [-0.1, -0.05) is 13.8 Å². The van der Waals surface area contributed by atoms with Gasteiger partial charge in [-0.15, -0.1) is 0 Å². The van der Waals surface area contributed by atoms with E-state index in [0.717, 1.165) is 0 Å². The van der Waals surface area contributed by atoms with Crippen LogP contribution < -0.4 is 5.56 Å². The van der Waals surface area contributed by atoms with E-state index in [4.69, 9.17) is 5.11 Å². The molecule has 0 aromatic carbocycles. The summed E-state index contributed by atoms with van der Waals surface area (Å²) in [5.74, 6) is -1.02. The van der Waals surface area contributed by atoms with E-state index in [1.165, 1.54) is 10.7 Å². The Morgan fingerprint density at radius 2 is 2.18 bits per heavy atom. The predicted molar refractivity (Wildman–Crippen MR) is 62.4 cm³/mol. The number of aromatic nitrogens is 3. The van der Waals surface area contributed by atoms with E-state index in [-0.39, 0.29) is 16.9 Å². The average molecular weight is 235 g/mol. The standard InChI is InChI=1S/C11H13N3O3/c1-5(2)7-4-6(11(16)17)8-9(12-7)14(3)13-10(8)15/h4-5H,1-3H3,(H,13,15)(H,16,17). The van der Waals surface area contributed by atoms with Crippen LogP contribution in [0, 0.1) is 0 Å². The van der Waals surface area contributed by atoms with Gasteiger partial charge in [0.05, 0.1) is 10.9 Å². The lowest BCUT2D eigenvalue weighted by Gasteiger charge is -2.06. The van der Waals surface area contributed by atoms with Gasteiger partial charge in [-0.25, -0.2) is 9.78 Å². The van der Waals surface area contributed by atoms with Gasteiger partial charge >= 0.3 is 5.97 Å². The first-order valence-corrected chi connectivity index (χ1v) is 5.24. The van der Waals surface area contributed by atoms with Gasteiger partial charge < -0.3 is 5.11 Å². The third kappa shape index (κ3) is 1.71. The summed E-state index contributed by atoms with van der Waals surface area (Å²) < 4.78 is 1.44. The van der Waals surface area contributed by atoms with Crippen molar-refractivity contribution in [1.82, 2.24) is 14.8 Å². The average Bonchev–Trinajstić information content (AvgIpc) is 2.53. The number of aromatic amines is 1. The number of carbonyl (C=O) groups is 1. The van der Waals surface area contributed by atoms with Gasteiger partial charge in [-0.2, -0.15) is 0 Å². The molecule has 6 nitrogen and oxygen atoms in total. The fourth-order valence-corrected chi connectivity index (χ4v) is 1.74. The third-order valence-corrected chi connectivity index (χ3v) is 2.66. The molecular weight excluding hydrogens is 222 g/mol. The third-order valence-electron chi connectivity index (χ3n) is 2.66. The Hall–Kier alpha value is -2.11. The summed E-state index contributed by atoms with van der Waals surface area (Å²) in [6.45, 7) is 3.84. The SMILES string of the molecule is CC(C)c1cc(C(=O)O)c2c(=O)[nH]n(C)c2n1. The first-order chi connectivity index (χ1) is 7.91. The second-order valence-corrected chi connectivity index (χ2v) is 4.25. The zero-order valence-electron chi connectivity index (χ0n) is 9.81. The highest BCUT2D eigenvalue weighted by Gasteiger charge is 2.18. The van der Waals surface area contributed by atoms with Gasteiger partial charge in [0.2, 0.25) is 0 Å². The highest BCUT2D eigenvalue weighted by molar-refractivity contribution is 6.01. The van der Waals surface area contributed by atoms with E-state index in [1.54, 1.807) is 7.05 Å². The number of carboxylic acid groups (broad SMARTS) is 1. The van der Waals surface area contributed by atoms with Crippen LogP contribution in [0.4, 0.5) is 0 Å². The minimum Gasteiger partial charge on any atom is -0.478 e. The zero-order chi connectivity index (χ0) is 12.7. The summed E-state index contributed by atoms with van der Waals surface area (Å²) in [5, 5.41) is 11.8. The largest absolute Gasteiger partial charge is 0.478 e. The molecule has 0 radical (unpaired) electrons. The fourth-order valence-electron chi connectivity index (χ4n) is 1.74. The van der Waals surface area contributed by atoms with E-state index in [9.17, 15) is 9.59 Å². The van der Waals surface area contributed by atoms with Crippen LogP contribution in [0.15, 0.2) is 10.9 Å². The number of aromatic carboxylic acids is 1. The summed E-state index contributed by atoms with van der Waals surface area (Å²) in [7, 11) is 1.63. The molecule has 0 atom stereocenters. The molecule has 0 spiro atoms. The van der Waals surface area contributed by atoms with Crippen LogP contribution in [0.25, 0.3) is 11.0 Å². The van der Waals surface area contributed by atoms with Crippen molar-refractivity contribution in [3.05, 3.63) is 27.7 Å². The van der Waals surface area contributed by atoms with Gasteiger partial charge in [0, 0.05) is 12.7 Å². The zero-order valence-corrected chi connectivity index (χ0v) is 9.81. The van der Waals surface area contributed by atoms with Crippen LogP contribution in [0.2, 0.25) is 0 Å². The Morgan fingerprint density at radius 3 is 2.71 bits per heavy atom. The Morgan fingerprint density at radius 1 is 1.53 bits per heavy atom. The lowest BCUT2D eigenvalue weighted by molar-refractivity contribution is 0.0698. The van der Waals surface area contributed by atoms with Crippen LogP contribution in [0.5, 0.6) is 0 Å². The topological polar surface area (TPSA) is 88.0 Å². The molecule has 90 valence electrons. The number of hydrogen-bond donors (Lipinski definition) is 2. The quantitative estimate of drug-likeness (QED) is 0.815. The molecule has 2 aromatic heterocycles. The first kappa shape index (κ1) is 11.4. The fraction of sp³-hybridized carbons (Fsp3) is 0.364. The van der Waals surface area contributed by atoms with Gasteiger partial charge in [0.25, 0.3) is 5.56 Å². The molecule has 17 heavy (non-hydrogen) atoms. The van der Waals surface area contributed by atoms with Crippen molar-refractivity contribution in [1.29, 1.82) is 0 Å². The molecule has 0 aliphatic heterocycles. The number of nitrogens with one attached hydrogen (secondary N) is 1. The second kappa shape index (κ2) is 3.73. The Labute approximate surface area is 96.9 Å². The molecule has 2 N–H and O–H groups in total. The lowest BCUT2D eigenvalue weighted by Crippen LogP contribution is -2.08. The molecule has 0 bridgehead atoms. The Kier molecular flexibility index (Phi) is 2.49. The van der Waals surface area contributed by atoms with E-state index in [2.05, 4.69) is 10.1 Å². The van der Waals surface area contributed by atoms with E-state index < -0.39 is 11.5 Å². The van der Waals surface area contributed by atoms with Crippen LogP contribution in [-0.2, 0) is 7.05 Å². The number of rotatable bonds is 2. The maximum Gasteiger partial charge on any atom is 0.336 e. The number of H-pyrrole nitrogens is 1. The van der Waals surface area contributed by atoms with Crippen LogP contribution >= 0.6 is 0 Å². The molecule has 2 rings (SSSR count). The van der Waals surface area contributed by atoms with Gasteiger partial charge in [-0.05, 0) is 12.0 Å². The molecule has 0 saturated carbocycles. The van der Waals surface area contributed by atoms with Gasteiger partial charge in [0.15, 0.2) is 5.65 Å². The number of nitrogens with zero attached hydrogens (tertiary/aromatic N) is 2. The summed E-state index contributed by atoms with van der Waals surface area (Å²) >= 11 is 0. The molecule has 6 heteroatoms. The van der Waals surface area contributed by atoms with Crippen molar-refractivity contribution in [2.24, 2.45) is 7.05 Å². The number of pyridine rings is 1. The highest BCUT2D eigenvalue weighted by Crippen LogP contribution is 2.19. The minimum absolute atomic E-state index is 0.000509. The van der Waals surface area contributed by atoms with E-state index >= 15 is 0 Å². The summed E-state index contributed by atoms with van der Waals surface area (Å²) in [6.07, 6.45) is 0. The minimum atomic E-state index is -1.11. The van der Waals surface area contributed by atoms with Gasteiger partial charge in [0.1, 0.15) is 0 Å². The Bertz CT molecular complexity index is 652. The van der Waals surface area contributed by atoms with Crippen molar-refractivity contribution >= 4 is 17.0 Å². The maximum absolute atomic E-state index is 11.6. The molecule has 2 aromatic rings. The number of aryl methyl sites for hydroxylation is 1. The molecule has 0 aliphatic rings. The van der Waals surface area contributed by atoms with Gasteiger partial charge in [-0.3, -0.25) is 14.6 Å². The second-order valence-electron chi connectivity index (χ2n) is 4.25. The molecule has 0 aliphatic carbocycles. The molecule has 0 amide bonds. The summed E-state index contributed by atoms with van der Waals surface area (Å²) in [6, 6.07) is 1.46. The molecular formula is C11H13N3O3. The van der Waals surface area contributed by atoms with Crippen molar-refractivity contribution in [2.75, 3.05) is 0 Å². The monoisotopic (exact) mass is 235 g/mol. The first-order valence-electron chi connectivity index (χ1n) is 5.24. The molecule has 2 heterocycles. The normalized spacial score (nSPS) is 11.3. The highest BCUT2D eigenvalue weighted by atomic mass is 16.4. The smallest absolute Gasteiger partial charge is 0.336 e. The van der Waals surface area contributed by atoms with Crippen molar-refractivity contribution in [3.8, 4) is 0 Å². The summed E-state index contributed by atoms with van der Waals surface area (Å²) in [4.78, 5) is 27.1. The number of carboxylic acids is 1. The maximum atomic E-state index is 11.6. The number of hydrogen-bond acceptors (Lipinski definition) is 3. The Balaban J connectivity index is 2.93. The van der Waals surface area contributed by atoms with Crippen LogP contribution in [0.1, 0.15) is 35.8 Å². The molecule has 0 unspecified atom stereocenters.